The fourth-order valence-electron chi connectivity index (χ4n) is 0.767. The Balaban J connectivity index is 0. The zero-order valence-electron chi connectivity index (χ0n) is 9.65. The van der Waals surface area contributed by atoms with Crippen molar-refractivity contribution in [2.45, 2.75) is 38.8 Å². The van der Waals surface area contributed by atoms with Crippen LogP contribution in [0, 0.1) is 0 Å². The predicted molar refractivity (Wildman–Crippen MR) is 61.7 cm³/mol. The molecule has 0 saturated carbocycles. The first-order valence-corrected chi connectivity index (χ1v) is 4.67. The minimum Gasteiger partial charge on any atom is -0.480 e. The molecule has 0 heterocycles. The van der Waals surface area contributed by atoms with Gasteiger partial charge in [0, 0.05) is 6.54 Å². The molecule has 0 aliphatic heterocycles. The second kappa shape index (κ2) is 7.29. The second-order valence-electron chi connectivity index (χ2n) is 4.16. The number of nitrogens with one attached hydrogen (secondary N) is 1. The quantitative estimate of drug-likeness (QED) is 0.687. The van der Waals surface area contributed by atoms with Crippen LogP contribution in [0.5, 0.6) is 0 Å². The van der Waals surface area contributed by atoms with E-state index < -0.39 is 23.7 Å². The van der Waals surface area contributed by atoms with Gasteiger partial charge in [0.25, 0.3) is 0 Å². The molecule has 0 spiro atoms. The van der Waals surface area contributed by atoms with E-state index in [1.807, 2.05) is 0 Å². The van der Waals surface area contributed by atoms with Gasteiger partial charge in [-0.25, -0.2) is 4.79 Å². The molecule has 96 valence electrons. The number of carbonyl (C=O) groups excluding carboxylic acids is 1. The van der Waals surface area contributed by atoms with E-state index in [1.54, 1.807) is 20.8 Å². The van der Waals surface area contributed by atoms with E-state index in [-0.39, 0.29) is 25.4 Å². The standard InChI is InChI=1S/C9H18N2O4.ClH/c1-9(2,3)15-8(14)11-5-4-6(10)7(12)13;/h6H,4-5,10H2,1-3H3,(H,11,14)(H,12,13);1H/t6-;/m0./s1. The van der Waals surface area contributed by atoms with Crippen LogP contribution >= 0.6 is 12.4 Å². The van der Waals surface area contributed by atoms with Crippen LogP contribution in [0.4, 0.5) is 4.79 Å². The summed E-state index contributed by atoms with van der Waals surface area (Å²) in [5, 5.41) is 10.9. The summed E-state index contributed by atoms with van der Waals surface area (Å²) in [6.45, 7) is 5.42. The van der Waals surface area contributed by atoms with Gasteiger partial charge in [-0.1, -0.05) is 0 Å². The zero-order valence-corrected chi connectivity index (χ0v) is 10.5. The molecule has 0 aliphatic carbocycles. The van der Waals surface area contributed by atoms with Gasteiger partial charge in [-0.3, -0.25) is 4.79 Å². The Kier molecular flexibility index (Phi) is 7.93. The van der Waals surface area contributed by atoms with E-state index in [0.29, 0.717) is 0 Å². The number of carbonyl (C=O) groups is 2. The molecule has 1 amide bonds. The number of carboxylic acid groups (broad SMARTS) is 1. The Morgan fingerprint density at radius 3 is 2.31 bits per heavy atom. The first-order chi connectivity index (χ1) is 6.72. The van der Waals surface area contributed by atoms with Crippen molar-refractivity contribution < 1.29 is 19.4 Å². The van der Waals surface area contributed by atoms with Crippen molar-refractivity contribution in [2.24, 2.45) is 5.73 Å². The van der Waals surface area contributed by atoms with Crippen molar-refractivity contribution in [3.8, 4) is 0 Å². The highest BCUT2D eigenvalue weighted by Crippen LogP contribution is 2.06. The smallest absolute Gasteiger partial charge is 0.407 e. The SMILES string of the molecule is CC(C)(C)OC(=O)NCC[C@H](N)C(=O)O.Cl. The number of hydrogen-bond acceptors (Lipinski definition) is 4. The van der Waals surface area contributed by atoms with Crippen molar-refractivity contribution in [3.63, 3.8) is 0 Å². The van der Waals surface area contributed by atoms with Gasteiger partial charge in [-0.15, -0.1) is 12.4 Å². The molecular weight excluding hydrogens is 236 g/mol. The summed E-state index contributed by atoms with van der Waals surface area (Å²) in [5.41, 5.74) is 4.68. The fraction of sp³-hybridized carbons (Fsp3) is 0.778. The summed E-state index contributed by atoms with van der Waals surface area (Å²) in [7, 11) is 0. The Morgan fingerprint density at radius 1 is 1.44 bits per heavy atom. The number of amides is 1. The molecular formula is C9H19ClN2O4. The van der Waals surface area contributed by atoms with Crippen LogP contribution in [0.2, 0.25) is 0 Å². The maximum Gasteiger partial charge on any atom is 0.407 e. The third kappa shape index (κ3) is 9.54. The Labute approximate surface area is 101 Å². The summed E-state index contributed by atoms with van der Waals surface area (Å²) < 4.78 is 4.94. The number of halogens is 1. The largest absolute Gasteiger partial charge is 0.480 e. The first-order valence-electron chi connectivity index (χ1n) is 4.67. The van der Waals surface area contributed by atoms with Gasteiger partial charge >= 0.3 is 12.1 Å². The highest BCUT2D eigenvalue weighted by atomic mass is 35.5. The number of aliphatic carboxylic acids is 1. The fourth-order valence-corrected chi connectivity index (χ4v) is 0.767. The van der Waals surface area contributed by atoms with E-state index in [2.05, 4.69) is 5.32 Å². The minimum atomic E-state index is -1.08. The van der Waals surface area contributed by atoms with Gasteiger partial charge in [0.1, 0.15) is 11.6 Å². The van der Waals surface area contributed by atoms with E-state index in [1.165, 1.54) is 0 Å². The molecule has 0 fully saturated rings. The maximum atomic E-state index is 11.1. The summed E-state index contributed by atoms with van der Waals surface area (Å²) in [5.74, 6) is -1.08. The average Bonchev–Trinajstić information content (AvgIpc) is 2.00. The number of alkyl carbamates (subject to hydrolysis) is 1. The van der Waals surface area contributed by atoms with Crippen molar-refractivity contribution in [2.75, 3.05) is 6.54 Å². The number of carboxylic acids is 1. The molecule has 4 N–H and O–H groups in total. The molecule has 1 atom stereocenters. The third-order valence-electron chi connectivity index (χ3n) is 1.44. The molecule has 0 aromatic carbocycles. The van der Waals surface area contributed by atoms with Crippen LogP contribution in [0.3, 0.4) is 0 Å². The lowest BCUT2D eigenvalue weighted by molar-refractivity contribution is -0.138. The summed E-state index contributed by atoms with van der Waals surface area (Å²) in [6.07, 6.45) is -0.394. The number of rotatable bonds is 4. The summed E-state index contributed by atoms with van der Waals surface area (Å²) >= 11 is 0. The molecule has 0 bridgehead atoms. The first kappa shape index (κ1) is 17.4. The third-order valence-corrected chi connectivity index (χ3v) is 1.44. The number of ether oxygens (including phenoxy) is 1. The lowest BCUT2D eigenvalue weighted by atomic mass is 10.2. The number of hydrogen-bond donors (Lipinski definition) is 3. The molecule has 0 aromatic rings. The summed E-state index contributed by atoms with van der Waals surface area (Å²) in [6, 6.07) is -0.958. The summed E-state index contributed by atoms with van der Waals surface area (Å²) in [4.78, 5) is 21.4. The van der Waals surface area contributed by atoms with Crippen molar-refractivity contribution in [1.29, 1.82) is 0 Å². The van der Waals surface area contributed by atoms with Crippen LogP contribution in [0.15, 0.2) is 0 Å². The van der Waals surface area contributed by atoms with Gasteiger partial charge in [-0.2, -0.15) is 0 Å². The lowest BCUT2D eigenvalue weighted by Crippen LogP contribution is -2.37. The highest BCUT2D eigenvalue weighted by Gasteiger charge is 2.16. The Morgan fingerprint density at radius 2 is 1.94 bits per heavy atom. The average molecular weight is 255 g/mol. The molecule has 7 heteroatoms. The van der Waals surface area contributed by atoms with Crippen LogP contribution < -0.4 is 11.1 Å². The van der Waals surface area contributed by atoms with Crippen LogP contribution in [-0.2, 0) is 9.53 Å². The maximum absolute atomic E-state index is 11.1. The molecule has 0 saturated heterocycles. The minimum absolute atomic E-state index is 0. The van der Waals surface area contributed by atoms with Crippen LogP contribution in [0.1, 0.15) is 27.2 Å². The topological polar surface area (TPSA) is 102 Å². The van der Waals surface area contributed by atoms with E-state index in [4.69, 9.17) is 15.6 Å². The van der Waals surface area contributed by atoms with Crippen LogP contribution in [-0.4, -0.2) is 35.4 Å². The van der Waals surface area contributed by atoms with Gasteiger partial charge in [0.2, 0.25) is 0 Å². The number of nitrogens with two attached hydrogens (primary N) is 1. The molecule has 0 aromatic heterocycles. The van der Waals surface area contributed by atoms with E-state index in [9.17, 15) is 9.59 Å². The van der Waals surface area contributed by atoms with Gasteiger partial charge in [0.05, 0.1) is 0 Å². The normalized spacial score (nSPS) is 12.2. The molecule has 0 rings (SSSR count). The van der Waals surface area contributed by atoms with Crippen molar-refractivity contribution in [3.05, 3.63) is 0 Å². The molecule has 0 aliphatic rings. The molecule has 0 radical (unpaired) electrons. The second-order valence-corrected chi connectivity index (χ2v) is 4.16. The van der Waals surface area contributed by atoms with Gasteiger partial charge in [0.15, 0.2) is 0 Å². The van der Waals surface area contributed by atoms with Crippen LogP contribution in [0.25, 0.3) is 0 Å². The molecule has 6 nitrogen and oxygen atoms in total. The van der Waals surface area contributed by atoms with Crippen molar-refractivity contribution in [1.82, 2.24) is 5.32 Å². The van der Waals surface area contributed by atoms with E-state index >= 15 is 0 Å². The van der Waals surface area contributed by atoms with Crippen molar-refractivity contribution >= 4 is 24.5 Å². The van der Waals surface area contributed by atoms with E-state index in [0.717, 1.165) is 0 Å². The van der Waals surface area contributed by atoms with Gasteiger partial charge in [-0.05, 0) is 27.2 Å². The zero-order chi connectivity index (χ0) is 12.1. The predicted octanol–water partition coefficient (Wildman–Crippen LogP) is 0.735. The highest BCUT2D eigenvalue weighted by molar-refractivity contribution is 5.85. The Bertz CT molecular complexity index is 240. The molecule has 0 unspecified atom stereocenters. The monoisotopic (exact) mass is 254 g/mol. The Hall–Kier alpha value is -1.01. The van der Waals surface area contributed by atoms with Gasteiger partial charge < -0.3 is 20.9 Å². The molecule has 16 heavy (non-hydrogen) atoms. The lowest BCUT2D eigenvalue weighted by Gasteiger charge is -2.19.